The van der Waals surface area contributed by atoms with Crippen molar-refractivity contribution in [3.05, 3.63) is 66.0 Å². The van der Waals surface area contributed by atoms with Crippen LogP contribution in [0.3, 0.4) is 0 Å². The molecule has 0 radical (unpaired) electrons. The highest BCUT2D eigenvalue weighted by atomic mass is 15.2. The number of aromatic nitrogens is 1. The van der Waals surface area contributed by atoms with E-state index < -0.39 is 0 Å². The molecule has 0 bridgehead atoms. The van der Waals surface area contributed by atoms with Gasteiger partial charge in [-0.05, 0) is 62.9 Å². The van der Waals surface area contributed by atoms with Crippen molar-refractivity contribution in [2.75, 3.05) is 4.90 Å². The zero-order valence-electron chi connectivity index (χ0n) is 16.8. The summed E-state index contributed by atoms with van der Waals surface area (Å²) in [5.41, 5.74) is 3.23. The van der Waals surface area contributed by atoms with E-state index in [9.17, 15) is 0 Å². The highest BCUT2D eigenvalue weighted by Crippen LogP contribution is 2.30. The van der Waals surface area contributed by atoms with Crippen molar-refractivity contribution >= 4 is 11.5 Å². The summed E-state index contributed by atoms with van der Waals surface area (Å²) in [5.74, 6) is 7.93. The summed E-state index contributed by atoms with van der Waals surface area (Å²) in [6, 6.07) is 12.9. The molecule has 3 heteroatoms. The van der Waals surface area contributed by atoms with E-state index in [-0.39, 0.29) is 5.54 Å². The fourth-order valence-electron chi connectivity index (χ4n) is 3.52. The van der Waals surface area contributed by atoms with E-state index in [2.05, 4.69) is 97.3 Å². The Hall–Kier alpha value is -2.57. The van der Waals surface area contributed by atoms with E-state index in [0.717, 1.165) is 36.3 Å². The van der Waals surface area contributed by atoms with Gasteiger partial charge in [-0.3, -0.25) is 5.32 Å². The first-order chi connectivity index (χ1) is 13.1. The lowest BCUT2D eigenvalue weighted by Gasteiger charge is -2.29. The minimum absolute atomic E-state index is 0.136. The number of rotatable bonds is 5. The Balaban J connectivity index is 1.91. The third-order valence-electron chi connectivity index (χ3n) is 5.03. The average Bonchev–Trinajstić information content (AvgIpc) is 2.70. The first-order valence-corrected chi connectivity index (χ1v) is 9.87. The molecule has 27 heavy (non-hydrogen) atoms. The van der Waals surface area contributed by atoms with Crippen LogP contribution < -0.4 is 10.2 Å². The molecule has 3 nitrogen and oxygen atoms in total. The first-order valence-electron chi connectivity index (χ1n) is 9.87. The molecule has 0 saturated carbocycles. The predicted octanol–water partition coefficient (Wildman–Crippen LogP) is 5.20. The molecule has 0 spiro atoms. The lowest BCUT2D eigenvalue weighted by Crippen LogP contribution is -2.46. The van der Waals surface area contributed by atoms with E-state index in [1.54, 1.807) is 0 Å². The average molecular weight is 360 g/mol. The van der Waals surface area contributed by atoms with Crippen molar-refractivity contribution < 1.29 is 0 Å². The zero-order valence-corrected chi connectivity index (χ0v) is 16.8. The van der Waals surface area contributed by atoms with Gasteiger partial charge in [-0.2, -0.15) is 0 Å². The van der Waals surface area contributed by atoms with E-state index >= 15 is 0 Å². The standard InChI is InChI=1S/C24H29N3/c1-5-24(6-2,26-19(3)4)15-14-20-10-7-13-22(18-20)27-17-9-12-21-11-8-16-25-23(21)27/h7-11,13,16-19,26H,5-6,12H2,1-4H3. The quantitative estimate of drug-likeness (QED) is 0.744. The fourth-order valence-corrected chi connectivity index (χ4v) is 3.52. The number of allylic oxidation sites excluding steroid dienone is 1. The summed E-state index contributed by atoms with van der Waals surface area (Å²) in [6.45, 7) is 8.75. The topological polar surface area (TPSA) is 28.2 Å². The van der Waals surface area contributed by atoms with Crippen LogP contribution in [0, 0.1) is 11.8 Å². The van der Waals surface area contributed by atoms with Crippen LogP contribution in [-0.4, -0.2) is 16.6 Å². The van der Waals surface area contributed by atoms with Crippen LogP contribution in [0.15, 0.2) is 54.9 Å². The number of pyridine rings is 1. The fraction of sp³-hybridized carbons (Fsp3) is 0.375. The van der Waals surface area contributed by atoms with E-state index in [1.807, 2.05) is 12.3 Å². The highest BCUT2D eigenvalue weighted by molar-refractivity contribution is 5.68. The summed E-state index contributed by atoms with van der Waals surface area (Å²) in [6.07, 6.45) is 9.03. The van der Waals surface area contributed by atoms with Crippen LogP contribution >= 0.6 is 0 Å². The normalized spacial score (nSPS) is 13.3. The number of hydrogen-bond acceptors (Lipinski definition) is 3. The Labute approximate surface area is 163 Å². The van der Waals surface area contributed by atoms with Gasteiger partial charge in [0.05, 0.1) is 5.54 Å². The maximum absolute atomic E-state index is 4.58. The number of nitrogens with zero attached hydrogens (tertiary/aromatic N) is 2. The minimum Gasteiger partial charge on any atom is -0.302 e. The largest absolute Gasteiger partial charge is 0.302 e. The van der Waals surface area contributed by atoms with Crippen LogP contribution in [0.5, 0.6) is 0 Å². The highest BCUT2D eigenvalue weighted by Gasteiger charge is 2.23. The Morgan fingerprint density at radius 3 is 2.74 bits per heavy atom. The molecule has 1 aliphatic heterocycles. The number of hydrogen-bond donors (Lipinski definition) is 1. The molecule has 1 N–H and O–H groups in total. The Kier molecular flexibility index (Phi) is 5.98. The van der Waals surface area contributed by atoms with E-state index in [0.29, 0.717) is 6.04 Å². The van der Waals surface area contributed by atoms with Crippen molar-refractivity contribution in [3.63, 3.8) is 0 Å². The maximum atomic E-state index is 4.58. The molecule has 1 aromatic heterocycles. The molecule has 0 aliphatic carbocycles. The maximum Gasteiger partial charge on any atom is 0.140 e. The molecular weight excluding hydrogens is 330 g/mol. The van der Waals surface area contributed by atoms with Crippen molar-refractivity contribution in [3.8, 4) is 11.8 Å². The van der Waals surface area contributed by atoms with Crippen LogP contribution in [-0.2, 0) is 6.42 Å². The van der Waals surface area contributed by atoms with Crippen molar-refractivity contribution in [2.24, 2.45) is 0 Å². The SMILES string of the molecule is CCC(C#Cc1cccc(N2C=CCc3cccnc32)c1)(CC)NC(C)C. The number of benzene rings is 1. The monoisotopic (exact) mass is 359 g/mol. The second-order valence-electron chi connectivity index (χ2n) is 7.33. The van der Waals surface area contributed by atoms with Gasteiger partial charge in [0.1, 0.15) is 5.82 Å². The summed E-state index contributed by atoms with van der Waals surface area (Å²) < 4.78 is 0. The van der Waals surface area contributed by atoms with Gasteiger partial charge >= 0.3 is 0 Å². The molecule has 140 valence electrons. The summed E-state index contributed by atoms with van der Waals surface area (Å²) >= 11 is 0. The lowest BCUT2D eigenvalue weighted by molar-refractivity contribution is 0.359. The number of nitrogens with one attached hydrogen (secondary N) is 1. The van der Waals surface area contributed by atoms with Gasteiger partial charge < -0.3 is 4.90 Å². The van der Waals surface area contributed by atoms with Crippen molar-refractivity contribution in [2.45, 2.75) is 58.5 Å². The van der Waals surface area contributed by atoms with Gasteiger partial charge in [0, 0.05) is 29.7 Å². The molecule has 0 fully saturated rings. The first kappa shape index (κ1) is 19.2. The third kappa shape index (κ3) is 4.40. The Morgan fingerprint density at radius 2 is 2.00 bits per heavy atom. The number of fused-ring (bicyclic) bond motifs is 1. The zero-order chi connectivity index (χ0) is 19.3. The van der Waals surface area contributed by atoms with Gasteiger partial charge in [-0.25, -0.2) is 4.98 Å². The van der Waals surface area contributed by atoms with E-state index in [1.165, 1.54) is 5.56 Å². The molecule has 2 heterocycles. The summed E-state index contributed by atoms with van der Waals surface area (Å²) in [4.78, 5) is 6.72. The van der Waals surface area contributed by atoms with Crippen molar-refractivity contribution in [1.29, 1.82) is 0 Å². The predicted molar refractivity (Wildman–Crippen MR) is 114 cm³/mol. The molecule has 1 aromatic carbocycles. The Morgan fingerprint density at radius 1 is 1.19 bits per heavy atom. The van der Waals surface area contributed by atoms with Gasteiger partial charge in [-0.1, -0.05) is 43.9 Å². The molecule has 2 aromatic rings. The van der Waals surface area contributed by atoms with Gasteiger partial charge in [-0.15, -0.1) is 0 Å². The van der Waals surface area contributed by atoms with Crippen LogP contribution in [0.4, 0.5) is 11.5 Å². The number of anilines is 2. The van der Waals surface area contributed by atoms with Crippen molar-refractivity contribution in [1.82, 2.24) is 10.3 Å². The molecule has 0 amide bonds. The second-order valence-corrected chi connectivity index (χ2v) is 7.33. The molecule has 1 aliphatic rings. The molecule has 0 saturated heterocycles. The van der Waals surface area contributed by atoms with E-state index in [4.69, 9.17) is 0 Å². The third-order valence-corrected chi connectivity index (χ3v) is 5.03. The lowest BCUT2D eigenvalue weighted by atomic mass is 9.92. The summed E-state index contributed by atoms with van der Waals surface area (Å²) in [5, 5.41) is 3.65. The van der Waals surface area contributed by atoms with Crippen LogP contribution in [0.25, 0.3) is 0 Å². The Bertz CT molecular complexity index is 866. The summed E-state index contributed by atoms with van der Waals surface area (Å²) in [7, 11) is 0. The second kappa shape index (κ2) is 8.41. The smallest absolute Gasteiger partial charge is 0.140 e. The van der Waals surface area contributed by atoms with Crippen LogP contribution in [0.2, 0.25) is 0 Å². The molecule has 0 unspecified atom stereocenters. The minimum atomic E-state index is -0.136. The van der Waals surface area contributed by atoms with Gasteiger partial charge in [0.2, 0.25) is 0 Å². The van der Waals surface area contributed by atoms with Gasteiger partial charge in [0.15, 0.2) is 0 Å². The molecule has 0 atom stereocenters. The molecule has 3 rings (SSSR count). The molecular formula is C24H29N3. The van der Waals surface area contributed by atoms with Gasteiger partial charge in [0.25, 0.3) is 0 Å². The van der Waals surface area contributed by atoms with Crippen LogP contribution in [0.1, 0.15) is 51.7 Å².